The fraction of sp³-hybridized carbons (Fsp3) is 0.429. The van der Waals surface area contributed by atoms with Crippen molar-refractivity contribution in [1.82, 2.24) is 4.72 Å². The van der Waals surface area contributed by atoms with Gasteiger partial charge < -0.3 is 9.47 Å². The van der Waals surface area contributed by atoms with E-state index in [-0.39, 0.29) is 10.3 Å². The van der Waals surface area contributed by atoms with Crippen LogP contribution in [-0.4, -0.2) is 29.2 Å². The summed E-state index contributed by atoms with van der Waals surface area (Å²) in [5.41, 5.74) is 2.10. The van der Waals surface area contributed by atoms with Crippen molar-refractivity contribution in [2.24, 2.45) is 0 Å². The number of hydrogen-bond donors (Lipinski definition) is 1. The minimum atomic E-state index is -3.54. The highest BCUT2D eigenvalue weighted by Crippen LogP contribution is 2.27. The molecule has 0 radical (unpaired) electrons. The first-order valence-electron chi connectivity index (χ1n) is 9.04. The molecular weight excluding hydrogens is 362 g/mol. The number of sulfonamides is 1. The highest BCUT2D eigenvalue weighted by molar-refractivity contribution is 7.89. The Morgan fingerprint density at radius 2 is 1.52 bits per heavy atom. The zero-order chi connectivity index (χ0) is 20.1. The molecule has 0 aliphatic carbocycles. The van der Waals surface area contributed by atoms with E-state index in [2.05, 4.69) is 25.5 Å². The molecule has 5 nitrogen and oxygen atoms in total. The molecule has 6 heteroatoms. The smallest absolute Gasteiger partial charge is 0.240 e. The Morgan fingerprint density at radius 3 is 2.00 bits per heavy atom. The fourth-order valence-corrected chi connectivity index (χ4v) is 3.75. The van der Waals surface area contributed by atoms with E-state index < -0.39 is 10.0 Å². The topological polar surface area (TPSA) is 64.6 Å². The van der Waals surface area contributed by atoms with Crippen LogP contribution in [0.3, 0.4) is 0 Å². The summed E-state index contributed by atoms with van der Waals surface area (Å²) >= 11 is 0. The molecule has 0 saturated heterocycles. The van der Waals surface area contributed by atoms with Crippen LogP contribution in [0.15, 0.2) is 47.4 Å². The summed E-state index contributed by atoms with van der Waals surface area (Å²) in [6.07, 6.45) is 1.52. The number of hydrogen-bond acceptors (Lipinski definition) is 4. The van der Waals surface area contributed by atoms with Gasteiger partial charge in [0, 0.05) is 12.6 Å². The van der Waals surface area contributed by atoms with E-state index in [1.165, 1.54) is 0 Å². The van der Waals surface area contributed by atoms with Gasteiger partial charge in [0.15, 0.2) is 0 Å². The van der Waals surface area contributed by atoms with E-state index in [1.807, 2.05) is 24.3 Å². The molecule has 2 aromatic rings. The Morgan fingerprint density at radius 1 is 0.963 bits per heavy atom. The fourth-order valence-electron chi connectivity index (χ4n) is 2.71. The van der Waals surface area contributed by atoms with Gasteiger partial charge in [-0.15, -0.1) is 0 Å². The Hall–Kier alpha value is -2.05. The highest BCUT2D eigenvalue weighted by Gasteiger charge is 2.19. The summed E-state index contributed by atoms with van der Waals surface area (Å²) in [6.45, 7) is 6.72. The third-order valence-electron chi connectivity index (χ3n) is 4.95. The van der Waals surface area contributed by atoms with Gasteiger partial charge in [-0.2, -0.15) is 0 Å². The lowest BCUT2D eigenvalue weighted by Crippen LogP contribution is -2.26. The van der Waals surface area contributed by atoms with Crippen molar-refractivity contribution < 1.29 is 17.9 Å². The van der Waals surface area contributed by atoms with Crippen molar-refractivity contribution >= 4 is 10.0 Å². The van der Waals surface area contributed by atoms with Gasteiger partial charge >= 0.3 is 0 Å². The summed E-state index contributed by atoms with van der Waals surface area (Å²) in [5.74, 6) is 1.36. The maximum Gasteiger partial charge on any atom is 0.240 e. The number of nitrogens with one attached hydrogen (secondary N) is 1. The molecule has 0 bridgehead atoms. The van der Waals surface area contributed by atoms with Crippen LogP contribution in [0, 0.1) is 0 Å². The van der Waals surface area contributed by atoms with Crippen molar-refractivity contribution in [3.8, 4) is 11.5 Å². The van der Waals surface area contributed by atoms with Gasteiger partial charge in [-0.3, -0.25) is 0 Å². The second kappa shape index (κ2) is 8.76. The summed E-state index contributed by atoms with van der Waals surface area (Å²) in [7, 11) is -0.367. The SMILES string of the molecule is CCC(C)(C)c1ccc(S(=O)(=O)NCCc2cc(OC)cc(OC)c2)cc1. The quantitative estimate of drug-likeness (QED) is 0.704. The minimum absolute atomic E-state index is 0.0289. The van der Waals surface area contributed by atoms with Gasteiger partial charge in [-0.25, -0.2) is 13.1 Å². The summed E-state index contributed by atoms with van der Waals surface area (Å²) in [4.78, 5) is 0.279. The average Bonchev–Trinajstić information content (AvgIpc) is 2.67. The minimum Gasteiger partial charge on any atom is -0.497 e. The van der Waals surface area contributed by atoms with Crippen molar-refractivity contribution in [2.75, 3.05) is 20.8 Å². The standard InChI is InChI=1S/C21H29NO4S/c1-6-21(2,3)17-7-9-20(10-8-17)27(23,24)22-12-11-16-13-18(25-4)15-19(14-16)26-5/h7-10,13-15,22H,6,11-12H2,1-5H3. The normalized spacial score (nSPS) is 12.0. The zero-order valence-electron chi connectivity index (χ0n) is 16.7. The number of methoxy groups -OCH3 is 2. The van der Waals surface area contributed by atoms with Crippen LogP contribution < -0.4 is 14.2 Å². The van der Waals surface area contributed by atoms with Crippen LogP contribution in [0.25, 0.3) is 0 Å². The first kappa shape index (κ1) is 21.3. The van der Waals surface area contributed by atoms with Gasteiger partial charge in [0.05, 0.1) is 19.1 Å². The van der Waals surface area contributed by atoms with Gasteiger partial charge in [-0.1, -0.05) is 32.9 Å². The van der Waals surface area contributed by atoms with E-state index in [0.717, 1.165) is 17.5 Å². The van der Waals surface area contributed by atoms with Gasteiger partial charge in [0.25, 0.3) is 0 Å². The molecule has 0 unspecified atom stereocenters. The van der Waals surface area contributed by atoms with Gasteiger partial charge in [0.2, 0.25) is 10.0 Å². The monoisotopic (exact) mass is 391 g/mol. The van der Waals surface area contributed by atoms with E-state index in [9.17, 15) is 8.42 Å². The molecule has 0 atom stereocenters. The molecule has 0 spiro atoms. The first-order valence-corrected chi connectivity index (χ1v) is 10.5. The van der Waals surface area contributed by atoms with Crippen LogP contribution >= 0.6 is 0 Å². The van der Waals surface area contributed by atoms with E-state index >= 15 is 0 Å². The molecule has 0 amide bonds. The zero-order valence-corrected chi connectivity index (χ0v) is 17.5. The molecule has 0 aliphatic heterocycles. The lowest BCUT2D eigenvalue weighted by molar-refractivity contribution is 0.393. The number of rotatable bonds is 9. The molecule has 2 rings (SSSR count). The average molecular weight is 392 g/mol. The van der Waals surface area contributed by atoms with Crippen LogP contribution in [0.2, 0.25) is 0 Å². The number of ether oxygens (including phenoxy) is 2. The molecule has 27 heavy (non-hydrogen) atoms. The predicted octanol–water partition coefficient (Wildman–Crippen LogP) is 3.91. The first-order chi connectivity index (χ1) is 12.7. The molecule has 0 heterocycles. The highest BCUT2D eigenvalue weighted by atomic mass is 32.2. The summed E-state index contributed by atoms with van der Waals surface area (Å²) < 4.78 is 38.2. The Balaban J connectivity index is 2.05. The molecule has 0 aliphatic rings. The molecule has 0 aromatic heterocycles. The van der Waals surface area contributed by atoms with E-state index in [4.69, 9.17) is 9.47 Å². The van der Waals surface area contributed by atoms with E-state index in [0.29, 0.717) is 24.5 Å². The maximum atomic E-state index is 12.5. The molecule has 0 saturated carbocycles. The Labute approximate surface area is 162 Å². The third kappa shape index (κ3) is 5.47. The summed E-state index contributed by atoms with van der Waals surface area (Å²) in [5, 5.41) is 0. The second-order valence-electron chi connectivity index (χ2n) is 7.13. The van der Waals surface area contributed by atoms with Gasteiger partial charge in [0.1, 0.15) is 11.5 Å². The van der Waals surface area contributed by atoms with E-state index in [1.54, 1.807) is 32.4 Å². The Bertz CT molecular complexity index is 836. The number of benzene rings is 2. The maximum absolute atomic E-state index is 12.5. The van der Waals surface area contributed by atoms with Crippen molar-refractivity contribution in [1.29, 1.82) is 0 Å². The van der Waals surface area contributed by atoms with Crippen molar-refractivity contribution in [3.63, 3.8) is 0 Å². The lowest BCUT2D eigenvalue weighted by atomic mass is 9.82. The second-order valence-corrected chi connectivity index (χ2v) is 8.90. The van der Waals surface area contributed by atoms with Crippen LogP contribution in [0.1, 0.15) is 38.3 Å². The molecule has 1 N–H and O–H groups in total. The van der Waals surface area contributed by atoms with Crippen LogP contribution in [-0.2, 0) is 21.9 Å². The van der Waals surface area contributed by atoms with Crippen molar-refractivity contribution in [3.05, 3.63) is 53.6 Å². The molecule has 2 aromatic carbocycles. The Kier molecular flexibility index (Phi) is 6.89. The molecule has 148 valence electrons. The molecule has 0 fully saturated rings. The largest absolute Gasteiger partial charge is 0.497 e. The van der Waals surface area contributed by atoms with Crippen LogP contribution in [0.4, 0.5) is 0 Å². The van der Waals surface area contributed by atoms with Crippen molar-refractivity contribution in [2.45, 2.75) is 43.9 Å². The predicted molar refractivity (Wildman–Crippen MR) is 108 cm³/mol. The lowest BCUT2D eigenvalue weighted by Gasteiger charge is -2.23. The molecular formula is C21H29NO4S. The van der Waals surface area contributed by atoms with Crippen LogP contribution in [0.5, 0.6) is 11.5 Å². The third-order valence-corrected chi connectivity index (χ3v) is 6.42. The summed E-state index contributed by atoms with van der Waals surface area (Å²) in [6, 6.07) is 12.7. The van der Waals surface area contributed by atoms with Gasteiger partial charge in [-0.05, 0) is 53.6 Å².